The summed E-state index contributed by atoms with van der Waals surface area (Å²) < 4.78 is 0. The van der Waals surface area contributed by atoms with E-state index in [9.17, 15) is 0 Å². The Morgan fingerprint density at radius 3 is 2.84 bits per heavy atom. The fourth-order valence-corrected chi connectivity index (χ4v) is 2.73. The summed E-state index contributed by atoms with van der Waals surface area (Å²) in [4.78, 5) is 8.09. The highest BCUT2D eigenvalue weighted by Gasteiger charge is 2.12. The van der Waals surface area contributed by atoms with E-state index in [1.807, 2.05) is 12.4 Å². The number of hydrogen-bond donors (Lipinski definition) is 1. The van der Waals surface area contributed by atoms with Crippen molar-refractivity contribution in [2.45, 2.75) is 33.4 Å². The van der Waals surface area contributed by atoms with Gasteiger partial charge in [-0.15, -0.1) is 11.3 Å². The molecule has 2 aromatic heterocycles. The lowest BCUT2D eigenvalue weighted by Crippen LogP contribution is -2.29. The lowest BCUT2D eigenvalue weighted by atomic mass is 10.2. The van der Waals surface area contributed by atoms with Gasteiger partial charge in [0.2, 0.25) is 0 Å². The highest BCUT2D eigenvalue weighted by Crippen LogP contribution is 2.23. The molecule has 3 nitrogen and oxygen atoms in total. The Hall–Kier alpha value is -1.55. The van der Waals surface area contributed by atoms with Crippen LogP contribution < -0.4 is 10.2 Å². The summed E-state index contributed by atoms with van der Waals surface area (Å²) in [5.41, 5.74) is 2.25. The van der Waals surface area contributed by atoms with Crippen molar-refractivity contribution >= 4 is 22.7 Å². The Bertz CT molecular complexity index is 494. The van der Waals surface area contributed by atoms with Crippen LogP contribution in [0.4, 0.5) is 11.4 Å². The van der Waals surface area contributed by atoms with Gasteiger partial charge in [0, 0.05) is 17.5 Å². The summed E-state index contributed by atoms with van der Waals surface area (Å²) in [6.07, 6.45) is 3.81. The summed E-state index contributed by atoms with van der Waals surface area (Å²) >= 11 is 1.80. The molecule has 0 aliphatic heterocycles. The predicted molar refractivity (Wildman–Crippen MR) is 84.0 cm³/mol. The first-order valence-electron chi connectivity index (χ1n) is 6.68. The second-order valence-corrected chi connectivity index (χ2v) is 5.80. The van der Waals surface area contributed by atoms with Gasteiger partial charge in [-0.1, -0.05) is 6.07 Å². The van der Waals surface area contributed by atoms with Gasteiger partial charge >= 0.3 is 0 Å². The molecule has 0 aromatic carbocycles. The molecule has 4 heteroatoms. The molecule has 0 atom stereocenters. The average molecular weight is 275 g/mol. The molecule has 0 amide bonds. The van der Waals surface area contributed by atoms with Gasteiger partial charge in [-0.2, -0.15) is 0 Å². The first kappa shape index (κ1) is 13.9. The van der Waals surface area contributed by atoms with Crippen molar-refractivity contribution in [3.63, 3.8) is 0 Å². The molecule has 0 saturated heterocycles. The van der Waals surface area contributed by atoms with Crippen molar-refractivity contribution in [1.82, 2.24) is 4.98 Å². The van der Waals surface area contributed by atoms with Gasteiger partial charge in [0.25, 0.3) is 0 Å². The molecule has 0 bridgehead atoms. The first-order valence-corrected chi connectivity index (χ1v) is 7.56. The first-order chi connectivity index (χ1) is 9.20. The van der Waals surface area contributed by atoms with Crippen molar-refractivity contribution in [2.75, 3.05) is 16.8 Å². The molecule has 1 N–H and O–H groups in total. The zero-order valence-corrected chi connectivity index (χ0v) is 12.6. The largest absolute Gasteiger partial charge is 0.384 e. The van der Waals surface area contributed by atoms with Crippen LogP contribution in [-0.2, 0) is 6.54 Å². The Labute approximate surface area is 119 Å². The van der Waals surface area contributed by atoms with E-state index in [0.29, 0.717) is 6.04 Å². The van der Waals surface area contributed by atoms with Crippen molar-refractivity contribution < 1.29 is 0 Å². The predicted octanol–water partition coefficient (Wildman–Crippen LogP) is 3.99. The van der Waals surface area contributed by atoms with Crippen molar-refractivity contribution in [2.24, 2.45) is 0 Å². The van der Waals surface area contributed by atoms with Crippen LogP contribution in [0.5, 0.6) is 0 Å². The summed E-state index contributed by atoms with van der Waals surface area (Å²) in [6.45, 7) is 8.38. The molecular weight excluding hydrogens is 254 g/mol. The standard InChI is InChI=1S/C15H21N3S/c1-4-17-13-8-14(10-16-9-13)18(12(2)3)11-15-6-5-7-19-15/h5-10,12,17H,4,11H2,1-3H3. The maximum Gasteiger partial charge on any atom is 0.0579 e. The lowest BCUT2D eigenvalue weighted by molar-refractivity contribution is 0.686. The van der Waals surface area contributed by atoms with Crippen molar-refractivity contribution in [3.8, 4) is 0 Å². The Kier molecular flexibility index (Phi) is 4.80. The van der Waals surface area contributed by atoms with E-state index in [4.69, 9.17) is 0 Å². The Morgan fingerprint density at radius 2 is 2.21 bits per heavy atom. The normalized spacial score (nSPS) is 10.7. The topological polar surface area (TPSA) is 28.2 Å². The molecule has 19 heavy (non-hydrogen) atoms. The molecule has 2 heterocycles. The third kappa shape index (κ3) is 3.70. The molecule has 0 fully saturated rings. The minimum Gasteiger partial charge on any atom is -0.384 e. The van der Waals surface area contributed by atoms with Gasteiger partial charge in [-0.25, -0.2) is 0 Å². The van der Waals surface area contributed by atoms with Crippen LogP contribution in [0.2, 0.25) is 0 Å². The summed E-state index contributed by atoms with van der Waals surface area (Å²) in [7, 11) is 0. The molecule has 102 valence electrons. The number of nitrogens with zero attached hydrogens (tertiary/aromatic N) is 2. The third-order valence-corrected chi connectivity index (χ3v) is 3.83. The number of aromatic nitrogens is 1. The Balaban J connectivity index is 2.20. The minimum atomic E-state index is 0.445. The summed E-state index contributed by atoms with van der Waals surface area (Å²) in [6, 6.07) is 6.90. The number of hydrogen-bond acceptors (Lipinski definition) is 4. The summed E-state index contributed by atoms with van der Waals surface area (Å²) in [5.74, 6) is 0. The fourth-order valence-electron chi connectivity index (χ4n) is 2.03. The highest BCUT2D eigenvalue weighted by molar-refractivity contribution is 7.09. The van der Waals surface area contributed by atoms with Crippen LogP contribution in [0.1, 0.15) is 25.6 Å². The number of nitrogens with one attached hydrogen (secondary N) is 1. The van der Waals surface area contributed by atoms with E-state index in [-0.39, 0.29) is 0 Å². The van der Waals surface area contributed by atoms with Gasteiger partial charge in [0.1, 0.15) is 0 Å². The second-order valence-electron chi connectivity index (χ2n) is 4.76. The van der Waals surface area contributed by atoms with Gasteiger partial charge in [-0.3, -0.25) is 4.98 Å². The van der Waals surface area contributed by atoms with E-state index >= 15 is 0 Å². The maximum absolute atomic E-state index is 4.34. The molecule has 0 aliphatic carbocycles. The van der Waals surface area contributed by atoms with E-state index in [2.05, 4.69) is 59.6 Å². The van der Waals surface area contributed by atoms with Crippen LogP contribution in [-0.4, -0.2) is 17.6 Å². The fraction of sp³-hybridized carbons (Fsp3) is 0.400. The molecule has 2 aromatic rings. The Morgan fingerprint density at radius 1 is 1.37 bits per heavy atom. The van der Waals surface area contributed by atoms with E-state index in [1.54, 1.807) is 11.3 Å². The zero-order valence-electron chi connectivity index (χ0n) is 11.8. The summed E-state index contributed by atoms with van der Waals surface area (Å²) in [5, 5.41) is 5.44. The monoisotopic (exact) mass is 275 g/mol. The van der Waals surface area contributed by atoms with Crippen LogP contribution in [0.25, 0.3) is 0 Å². The van der Waals surface area contributed by atoms with Crippen LogP contribution in [0.15, 0.2) is 36.0 Å². The second kappa shape index (κ2) is 6.57. The quantitative estimate of drug-likeness (QED) is 0.864. The highest BCUT2D eigenvalue weighted by atomic mass is 32.1. The molecule has 0 radical (unpaired) electrons. The molecule has 0 unspecified atom stereocenters. The molecule has 2 rings (SSSR count). The minimum absolute atomic E-state index is 0.445. The van der Waals surface area contributed by atoms with Gasteiger partial charge in [-0.05, 0) is 38.3 Å². The van der Waals surface area contributed by atoms with Crippen LogP contribution in [0, 0.1) is 0 Å². The maximum atomic E-state index is 4.34. The number of rotatable bonds is 6. The number of pyridine rings is 1. The number of anilines is 2. The van der Waals surface area contributed by atoms with Crippen molar-refractivity contribution in [3.05, 3.63) is 40.8 Å². The molecule has 0 saturated carbocycles. The van der Waals surface area contributed by atoms with E-state index < -0.39 is 0 Å². The van der Waals surface area contributed by atoms with E-state index in [0.717, 1.165) is 18.8 Å². The molecule has 0 aliphatic rings. The van der Waals surface area contributed by atoms with Crippen molar-refractivity contribution in [1.29, 1.82) is 0 Å². The average Bonchev–Trinajstić information content (AvgIpc) is 2.89. The van der Waals surface area contributed by atoms with Gasteiger partial charge in [0.15, 0.2) is 0 Å². The number of thiophene rings is 1. The van der Waals surface area contributed by atoms with Gasteiger partial charge in [0.05, 0.1) is 30.3 Å². The van der Waals surface area contributed by atoms with Gasteiger partial charge < -0.3 is 10.2 Å². The van der Waals surface area contributed by atoms with Crippen LogP contribution in [0.3, 0.4) is 0 Å². The molecular formula is C15H21N3S. The zero-order chi connectivity index (χ0) is 13.7. The van der Waals surface area contributed by atoms with E-state index in [1.165, 1.54) is 10.6 Å². The molecule has 0 spiro atoms. The smallest absolute Gasteiger partial charge is 0.0579 e. The lowest BCUT2D eigenvalue weighted by Gasteiger charge is -2.28. The third-order valence-electron chi connectivity index (χ3n) is 2.97. The SMILES string of the molecule is CCNc1cncc(N(Cc2cccs2)C(C)C)c1. The van der Waals surface area contributed by atoms with Crippen LogP contribution >= 0.6 is 11.3 Å².